The maximum atomic E-state index is 12.1. The molecule has 124 valence electrons. The van der Waals surface area contributed by atoms with E-state index in [1.165, 1.54) is 13.8 Å². The van der Waals surface area contributed by atoms with Crippen molar-refractivity contribution >= 4 is 18.0 Å². The number of hydrogen-bond acceptors (Lipinski definition) is 5. The Morgan fingerprint density at radius 1 is 1.04 bits per heavy atom. The molecule has 1 heterocycles. The van der Waals surface area contributed by atoms with Gasteiger partial charge in [0.1, 0.15) is 5.57 Å². The molecule has 0 spiro atoms. The van der Waals surface area contributed by atoms with Crippen molar-refractivity contribution in [1.29, 1.82) is 0 Å². The zero-order chi connectivity index (χ0) is 17.0. The van der Waals surface area contributed by atoms with Gasteiger partial charge in [0.15, 0.2) is 0 Å². The van der Waals surface area contributed by atoms with E-state index in [2.05, 4.69) is 18.7 Å². The van der Waals surface area contributed by atoms with Crippen LogP contribution in [0.2, 0.25) is 0 Å². The summed E-state index contributed by atoms with van der Waals surface area (Å²) in [7, 11) is 0. The summed E-state index contributed by atoms with van der Waals surface area (Å²) in [5, 5.41) is 0. The van der Waals surface area contributed by atoms with Crippen molar-refractivity contribution in [3.05, 3.63) is 41.0 Å². The Morgan fingerprint density at radius 2 is 1.61 bits per heavy atom. The lowest BCUT2D eigenvalue weighted by Crippen LogP contribution is -2.41. The van der Waals surface area contributed by atoms with Gasteiger partial charge in [-0.2, -0.15) is 0 Å². The van der Waals surface area contributed by atoms with Crippen molar-refractivity contribution in [2.75, 3.05) is 13.1 Å². The Kier molecular flexibility index (Phi) is 5.21. The molecule has 0 aliphatic carbocycles. The van der Waals surface area contributed by atoms with Gasteiger partial charge in [-0.3, -0.25) is 4.90 Å². The first-order valence-corrected chi connectivity index (χ1v) is 7.85. The van der Waals surface area contributed by atoms with E-state index in [9.17, 15) is 9.59 Å². The Labute approximate surface area is 136 Å². The molecule has 1 aliphatic heterocycles. The number of hydrogen-bond donors (Lipinski definition) is 0. The van der Waals surface area contributed by atoms with Crippen molar-refractivity contribution in [1.82, 2.24) is 4.90 Å². The maximum Gasteiger partial charge on any atom is 0.348 e. The van der Waals surface area contributed by atoms with Crippen LogP contribution in [0.5, 0.6) is 0 Å². The fourth-order valence-corrected chi connectivity index (χ4v) is 2.44. The van der Waals surface area contributed by atoms with Crippen LogP contribution < -0.4 is 0 Å². The molecule has 0 N–H and O–H groups in total. The standard InChI is InChI=1S/C18H23NO4/c1-5-19(6-2)12-14-10-8-7-9-13(14)11-15-16(20)22-18(3,4)23-17(15)21/h7-11H,5-6,12H2,1-4H3. The van der Waals surface area contributed by atoms with Crippen molar-refractivity contribution in [3.63, 3.8) is 0 Å². The second kappa shape index (κ2) is 6.96. The van der Waals surface area contributed by atoms with Gasteiger partial charge in [0.2, 0.25) is 0 Å². The molecule has 0 saturated carbocycles. The molecule has 0 radical (unpaired) electrons. The Hall–Kier alpha value is -2.14. The van der Waals surface area contributed by atoms with Gasteiger partial charge in [-0.05, 0) is 30.3 Å². The Balaban J connectivity index is 2.32. The Morgan fingerprint density at radius 3 is 2.17 bits per heavy atom. The predicted octanol–water partition coefficient (Wildman–Crippen LogP) is 2.75. The van der Waals surface area contributed by atoms with Gasteiger partial charge in [-0.25, -0.2) is 9.59 Å². The van der Waals surface area contributed by atoms with E-state index < -0.39 is 17.7 Å². The maximum absolute atomic E-state index is 12.1. The average Bonchev–Trinajstić information content (AvgIpc) is 2.48. The minimum atomic E-state index is -1.22. The zero-order valence-electron chi connectivity index (χ0n) is 14.1. The van der Waals surface area contributed by atoms with Gasteiger partial charge in [-0.1, -0.05) is 38.1 Å². The predicted molar refractivity (Wildman–Crippen MR) is 87.3 cm³/mol. The lowest BCUT2D eigenvalue weighted by molar-refractivity contribution is -0.222. The van der Waals surface area contributed by atoms with E-state index in [1.54, 1.807) is 6.08 Å². The van der Waals surface area contributed by atoms with Crippen LogP contribution in [0.25, 0.3) is 6.08 Å². The molecule has 2 rings (SSSR count). The smallest absolute Gasteiger partial charge is 0.348 e. The van der Waals surface area contributed by atoms with E-state index in [0.717, 1.165) is 30.8 Å². The molecule has 1 fully saturated rings. The van der Waals surface area contributed by atoms with Crippen LogP contribution >= 0.6 is 0 Å². The summed E-state index contributed by atoms with van der Waals surface area (Å²) in [5.74, 6) is -2.51. The number of nitrogens with zero attached hydrogens (tertiary/aromatic N) is 1. The van der Waals surface area contributed by atoms with E-state index in [-0.39, 0.29) is 5.57 Å². The van der Waals surface area contributed by atoms with Crippen LogP contribution in [0.4, 0.5) is 0 Å². The van der Waals surface area contributed by atoms with Crippen molar-refractivity contribution in [2.24, 2.45) is 0 Å². The van der Waals surface area contributed by atoms with E-state index >= 15 is 0 Å². The third-order valence-electron chi connectivity index (χ3n) is 3.76. The Bertz CT molecular complexity index is 608. The summed E-state index contributed by atoms with van der Waals surface area (Å²) in [5.41, 5.74) is 1.80. The zero-order valence-corrected chi connectivity index (χ0v) is 14.1. The highest BCUT2D eigenvalue weighted by Gasteiger charge is 2.38. The molecule has 1 saturated heterocycles. The van der Waals surface area contributed by atoms with Gasteiger partial charge in [0, 0.05) is 20.4 Å². The number of carbonyl (C=O) groups excluding carboxylic acids is 2. The first-order valence-electron chi connectivity index (χ1n) is 7.85. The van der Waals surface area contributed by atoms with Gasteiger partial charge in [0.05, 0.1) is 0 Å². The lowest BCUT2D eigenvalue weighted by Gasteiger charge is -2.29. The van der Waals surface area contributed by atoms with Gasteiger partial charge >= 0.3 is 11.9 Å². The van der Waals surface area contributed by atoms with Crippen molar-refractivity contribution in [2.45, 2.75) is 40.0 Å². The third kappa shape index (κ3) is 4.20. The normalized spacial score (nSPS) is 17.0. The molecule has 0 atom stereocenters. The lowest BCUT2D eigenvalue weighted by atomic mass is 10.0. The van der Waals surface area contributed by atoms with Crippen LogP contribution in [-0.4, -0.2) is 35.7 Å². The van der Waals surface area contributed by atoms with Crippen LogP contribution in [0.3, 0.4) is 0 Å². The highest BCUT2D eigenvalue weighted by molar-refractivity contribution is 6.18. The number of carbonyl (C=O) groups is 2. The average molecular weight is 317 g/mol. The van der Waals surface area contributed by atoms with E-state index in [4.69, 9.17) is 9.47 Å². The summed E-state index contributed by atoms with van der Waals surface area (Å²) in [6.07, 6.45) is 1.55. The molecule has 1 aromatic carbocycles. The third-order valence-corrected chi connectivity index (χ3v) is 3.76. The van der Waals surface area contributed by atoms with E-state index in [0.29, 0.717) is 0 Å². The van der Waals surface area contributed by atoms with Gasteiger partial charge < -0.3 is 9.47 Å². The molecule has 1 aromatic rings. The molecule has 5 heteroatoms. The molecule has 0 unspecified atom stereocenters. The van der Waals surface area contributed by atoms with Crippen molar-refractivity contribution in [3.8, 4) is 0 Å². The monoisotopic (exact) mass is 317 g/mol. The summed E-state index contributed by atoms with van der Waals surface area (Å²) in [4.78, 5) is 26.4. The second-order valence-electron chi connectivity index (χ2n) is 5.90. The quantitative estimate of drug-likeness (QED) is 0.475. The van der Waals surface area contributed by atoms with Crippen LogP contribution in [0.15, 0.2) is 29.8 Å². The highest BCUT2D eigenvalue weighted by Crippen LogP contribution is 2.25. The summed E-state index contributed by atoms with van der Waals surface area (Å²) in [6, 6.07) is 7.70. The molecule has 0 amide bonds. The number of cyclic esters (lactones) is 2. The molecular weight excluding hydrogens is 294 g/mol. The minimum absolute atomic E-state index is 0.0729. The number of esters is 2. The number of rotatable bonds is 5. The molecular formula is C18H23NO4. The van der Waals surface area contributed by atoms with Crippen molar-refractivity contribution < 1.29 is 19.1 Å². The van der Waals surface area contributed by atoms with Crippen LogP contribution in [-0.2, 0) is 25.6 Å². The molecule has 0 bridgehead atoms. The topological polar surface area (TPSA) is 55.8 Å². The van der Waals surface area contributed by atoms with Crippen LogP contribution in [0, 0.1) is 0 Å². The number of benzene rings is 1. The van der Waals surface area contributed by atoms with Crippen LogP contribution in [0.1, 0.15) is 38.8 Å². The minimum Gasteiger partial charge on any atom is -0.419 e. The highest BCUT2D eigenvalue weighted by atomic mass is 16.7. The fourth-order valence-electron chi connectivity index (χ4n) is 2.44. The SMILES string of the molecule is CCN(CC)Cc1ccccc1C=C1C(=O)OC(C)(C)OC1=O. The molecule has 1 aliphatic rings. The van der Waals surface area contributed by atoms with Gasteiger partial charge in [-0.15, -0.1) is 0 Å². The largest absolute Gasteiger partial charge is 0.419 e. The number of ether oxygens (including phenoxy) is 2. The molecule has 0 aromatic heterocycles. The summed E-state index contributed by atoms with van der Waals surface area (Å²) < 4.78 is 10.3. The first-order chi connectivity index (χ1) is 10.9. The van der Waals surface area contributed by atoms with Gasteiger partial charge in [0.25, 0.3) is 5.79 Å². The summed E-state index contributed by atoms with van der Waals surface area (Å²) >= 11 is 0. The second-order valence-corrected chi connectivity index (χ2v) is 5.90. The molecule has 5 nitrogen and oxygen atoms in total. The summed E-state index contributed by atoms with van der Waals surface area (Å²) in [6.45, 7) is 9.88. The first kappa shape index (κ1) is 17.2. The fraction of sp³-hybridized carbons (Fsp3) is 0.444. The van der Waals surface area contributed by atoms with E-state index in [1.807, 2.05) is 24.3 Å². The molecule has 23 heavy (non-hydrogen) atoms.